The van der Waals surface area contributed by atoms with Crippen LogP contribution in [0.15, 0.2) is 6.07 Å². The molecule has 1 aromatic rings. The number of hydrogen-bond acceptors (Lipinski definition) is 4. The van der Waals surface area contributed by atoms with Crippen LogP contribution in [0.2, 0.25) is 0 Å². The fourth-order valence-electron chi connectivity index (χ4n) is 2.82. The van der Waals surface area contributed by atoms with E-state index in [2.05, 4.69) is 46.2 Å². The van der Waals surface area contributed by atoms with Crippen molar-refractivity contribution >= 4 is 40.0 Å². The lowest BCUT2D eigenvalue weighted by atomic mass is 9.93. The summed E-state index contributed by atoms with van der Waals surface area (Å²) < 4.78 is 6.67. The van der Waals surface area contributed by atoms with E-state index in [1.807, 2.05) is 32.1 Å². The molecular weight excluding hydrogens is 423 g/mol. The zero-order valence-electron chi connectivity index (χ0n) is 14.4. The van der Waals surface area contributed by atoms with Crippen molar-refractivity contribution in [3.05, 3.63) is 19.4 Å². The van der Waals surface area contributed by atoms with Crippen molar-refractivity contribution in [2.45, 2.75) is 71.1 Å². The average molecular weight is 450 g/mol. The van der Waals surface area contributed by atoms with Crippen LogP contribution >= 0.6 is 33.9 Å². The minimum absolute atomic E-state index is 0.260. The number of nitrogens with one attached hydrogen (secondary N) is 2. The van der Waals surface area contributed by atoms with E-state index in [0.29, 0.717) is 12.6 Å². The van der Waals surface area contributed by atoms with Gasteiger partial charge in [-0.15, -0.1) is 11.3 Å². The summed E-state index contributed by atoms with van der Waals surface area (Å²) in [7, 11) is 0. The van der Waals surface area contributed by atoms with E-state index in [4.69, 9.17) is 4.74 Å². The van der Waals surface area contributed by atoms with Gasteiger partial charge in [-0.1, -0.05) is 6.92 Å². The summed E-state index contributed by atoms with van der Waals surface area (Å²) in [5, 5.41) is 6.61. The minimum atomic E-state index is -0.454. The first-order valence-electron chi connectivity index (χ1n) is 8.29. The highest BCUT2D eigenvalue weighted by atomic mass is 127. The number of alkyl carbamates (subject to hydrolysis) is 1. The number of halogens is 1. The normalized spacial score (nSPS) is 19.1. The van der Waals surface area contributed by atoms with E-state index in [1.54, 1.807) is 0 Å². The van der Waals surface area contributed by atoms with Gasteiger partial charge in [0.1, 0.15) is 5.60 Å². The largest absolute Gasteiger partial charge is 0.444 e. The Hall–Kier alpha value is -0.340. The maximum absolute atomic E-state index is 11.8. The monoisotopic (exact) mass is 450 g/mol. The van der Waals surface area contributed by atoms with Crippen molar-refractivity contribution in [2.24, 2.45) is 0 Å². The van der Waals surface area contributed by atoms with Gasteiger partial charge in [0.2, 0.25) is 0 Å². The Morgan fingerprint density at radius 3 is 2.91 bits per heavy atom. The van der Waals surface area contributed by atoms with Crippen LogP contribution < -0.4 is 10.6 Å². The summed E-state index contributed by atoms with van der Waals surface area (Å²) in [4.78, 5) is 13.3. The molecule has 130 valence electrons. The molecule has 1 aliphatic carbocycles. The first-order valence-corrected chi connectivity index (χ1v) is 10.2. The second-order valence-electron chi connectivity index (χ2n) is 7.03. The number of thiophene rings is 1. The molecule has 1 aliphatic rings. The molecule has 2 rings (SSSR count). The fraction of sp³-hybridized carbons (Fsp3) is 0.706. The fourth-order valence-corrected chi connectivity index (χ4v) is 4.94. The van der Waals surface area contributed by atoms with Crippen LogP contribution in [0, 0.1) is 2.88 Å². The van der Waals surface area contributed by atoms with E-state index in [-0.39, 0.29) is 12.1 Å². The lowest BCUT2D eigenvalue weighted by Gasteiger charge is -2.29. The minimum Gasteiger partial charge on any atom is -0.444 e. The lowest BCUT2D eigenvalue weighted by molar-refractivity contribution is 0.0521. The van der Waals surface area contributed by atoms with Crippen LogP contribution in [0.3, 0.4) is 0 Å². The van der Waals surface area contributed by atoms with Crippen molar-refractivity contribution in [1.82, 2.24) is 10.6 Å². The summed E-state index contributed by atoms with van der Waals surface area (Å²) in [5.74, 6) is 0. The molecule has 0 spiro atoms. The van der Waals surface area contributed by atoms with Crippen molar-refractivity contribution in [3.63, 3.8) is 0 Å². The Labute approximate surface area is 156 Å². The molecule has 2 atom stereocenters. The SMILES string of the molecule is CCC(CNC(=O)OC(C)(C)C)NC1CCCc2sc(I)cc21. The third-order valence-corrected chi connectivity index (χ3v) is 5.88. The van der Waals surface area contributed by atoms with Crippen LogP contribution in [-0.2, 0) is 11.2 Å². The highest BCUT2D eigenvalue weighted by Crippen LogP contribution is 2.36. The highest BCUT2D eigenvalue weighted by molar-refractivity contribution is 14.1. The van der Waals surface area contributed by atoms with E-state index in [0.717, 1.165) is 6.42 Å². The summed E-state index contributed by atoms with van der Waals surface area (Å²) >= 11 is 4.32. The van der Waals surface area contributed by atoms with Crippen molar-refractivity contribution in [2.75, 3.05) is 6.54 Å². The topological polar surface area (TPSA) is 50.4 Å². The van der Waals surface area contributed by atoms with E-state index >= 15 is 0 Å². The molecule has 0 bridgehead atoms. The number of rotatable bonds is 5. The standard InChI is InChI=1S/C17H27IN2O2S/c1-5-11(10-19-16(21)22-17(2,3)4)20-13-7-6-8-14-12(13)9-15(18)23-14/h9,11,13,20H,5-8,10H2,1-4H3,(H,19,21). The molecule has 4 nitrogen and oxygen atoms in total. The average Bonchev–Trinajstić information content (AvgIpc) is 2.82. The predicted molar refractivity (Wildman–Crippen MR) is 104 cm³/mol. The Bertz CT molecular complexity index is 539. The number of amides is 1. The van der Waals surface area contributed by atoms with Gasteiger partial charge in [-0.25, -0.2) is 4.79 Å². The molecule has 0 fully saturated rings. The molecule has 2 N–H and O–H groups in total. The molecule has 23 heavy (non-hydrogen) atoms. The van der Waals surface area contributed by atoms with Gasteiger partial charge in [0.15, 0.2) is 0 Å². The second-order valence-corrected chi connectivity index (χ2v) is 10.1. The molecule has 1 amide bonds. The van der Waals surface area contributed by atoms with E-state index < -0.39 is 5.60 Å². The maximum Gasteiger partial charge on any atom is 0.407 e. The second kappa shape index (κ2) is 8.16. The number of aryl methyl sites for hydroxylation is 1. The molecule has 0 saturated heterocycles. The molecule has 6 heteroatoms. The van der Waals surface area contributed by atoms with Gasteiger partial charge in [0.05, 0.1) is 2.88 Å². The number of fused-ring (bicyclic) bond motifs is 1. The highest BCUT2D eigenvalue weighted by Gasteiger charge is 2.25. The molecule has 0 radical (unpaired) electrons. The van der Waals surface area contributed by atoms with Crippen molar-refractivity contribution < 1.29 is 9.53 Å². The lowest BCUT2D eigenvalue weighted by Crippen LogP contribution is -2.44. The summed E-state index contributed by atoms with van der Waals surface area (Å²) in [5.41, 5.74) is 1.01. The molecule has 0 saturated carbocycles. The zero-order valence-corrected chi connectivity index (χ0v) is 17.3. The maximum atomic E-state index is 11.8. The molecule has 1 aromatic heterocycles. The van der Waals surface area contributed by atoms with Gasteiger partial charge >= 0.3 is 6.09 Å². The number of ether oxygens (including phenoxy) is 1. The molecule has 2 unspecified atom stereocenters. The van der Waals surface area contributed by atoms with Gasteiger partial charge in [-0.05, 0) is 80.7 Å². The number of hydrogen-bond donors (Lipinski definition) is 2. The Morgan fingerprint density at radius 2 is 2.26 bits per heavy atom. The van der Waals surface area contributed by atoms with Gasteiger partial charge in [0, 0.05) is 23.5 Å². The van der Waals surface area contributed by atoms with Gasteiger partial charge in [0.25, 0.3) is 0 Å². The third-order valence-electron chi connectivity index (χ3n) is 3.91. The van der Waals surface area contributed by atoms with Crippen molar-refractivity contribution in [3.8, 4) is 0 Å². The smallest absolute Gasteiger partial charge is 0.407 e. The molecule has 1 heterocycles. The first-order chi connectivity index (χ1) is 10.8. The number of carbonyl (C=O) groups is 1. The Morgan fingerprint density at radius 1 is 1.52 bits per heavy atom. The van der Waals surface area contributed by atoms with Gasteiger partial charge < -0.3 is 15.4 Å². The molecular formula is C17H27IN2O2S. The summed E-state index contributed by atoms with van der Waals surface area (Å²) in [6, 6.07) is 2.98. The van der Waals surface area contributed by atoms with Crippen LogP contribution in [0.25, 0.3) is 0 Å². The van der Waals surface area contributed by atoms with Gasteiger partial charge in [-0.2, -0.15) is 0 Å². The Balaban J connectivity index is 1.89. The summed E-state index contributed by atoms with van der Waals surface area (Å²) in [6.07, 6.45) is 4.24. The van der Waals surface area contributed by atoms with Crippen LogP contribution in [0.5, 0.6) is 0 Å². The third kappa shape index (κ3) is 5.90. The van der Waals surface area contributed by atoms with E-state index in [9.17, 15) is 4.79 Å². The van der Waals surface area contributed by atoms with Crippen LogP contribution in [0.4, 0.5) is 4.79 Å². The molecule has 0 aromatic carbocycles. The summed E-state index contributed by atoms with van der Waals surface area (Å²) in [6.45, 7) is 8.38. The Kier molecular flexibility index (Phi) is 6.74. The quantitative estimate of drug-likeness (QED) is 0.644. The van der Waals surface area contributed by atoms with Crippen LogP contribution in [-0.4, -0.2) is 24.3 Å². The number of carbonyl (C=O) groups excluding carboxylic acids is 1. The van der Waals surface area contributed by atoms with Crippen LogP contribution in [0.1, 0.15) is 63.4 Å². The predicted octanol–water partition coefficient (Wildman–Crippen LogP) is 4.62. The first kappa shape index (κ1) is 19.0. The zero-order chi connectivity index (χ0) is 17.0. The van der Waals surface area contributed by atoms with E-state index in [1.165, 1.54) is 32.6 Å². The molecule has 0 aliphatic heterocycles. The van der Waals surface area contributed by atoms with Gasteiger partial charge in [-0.3, -0.25) is 0 Å². The van der Waals surface area contributed by atoms with Crippen molar-refractivity contribution in [1.29, 1.82) is 0 Å².